The highest BCUT2D eigenvalue weighted by Gasteiger charge is 2.19. The number of thiazole rings is 1. The summed E-state index contributed by atoms with van der Waals surface area (Å²) < 4.78 is 5.28. The smallest absolute Gasteiger partial charge is 0.319 e. The number of hydrogen-bond donors (Lipinski definition) is 1. The first-order chi connectivity index (χ1) is 10.8. The first-order valence-corrected chi connectivity index (χ1v) is 8.44. The van der Waals surface area contributed by atoms with Crippen LogP contribution in [-0.4, -0.2) is 67.1 Å². The summed E-state index contributed by atoms with van der Waals surface area (Å²) in [5.74, 6) is -0.245. The molecule has 0 aliphatic heterocycles. The molecule has 1 N–H and O–H groups in total. The predicted molar refractivity (Wildman–Crippen MR) is 92.0 cm³/mol. The Morgan fingerprint density at radius 3 is 2.52 bits per heavy atom. The predicted octanol–water partition coefficient (Wildman–Crippen LogP) is 2.11. The van der Waals surface area contributed by atoms with Gasteiger partial charge in [0.1, 0.15) is 6.54 Å². The van der Waals surface area contributed by atoms with E-state index in [0.717, 1.165) is 10.6 Å². The molecule has 0 atom stereocenters. The van der Waals surface area contributed by atoms with Gasteiger partial charge < -0.3 is 19.9 Å². The summed E-state index contributed by atoms with van der Waals surface area (Å²) in [6.07, 6.45) is 0.691. The van der Waals surface area contributed by atoms with Crippen LogP contribution in [0.15, 0.2) is 0 Å². The molecule has 1 rings (SSSR count). The monoisotopic (exact) mass is 342 g/mol. The van der Waals surface area contributed by atoms with Crippen molar-refractivity contribution in [2.45, 2.75) is 27.2 Å². The maximum Gasteiger partial charge on any atom is 0.319 e. The summed E-state index contributed by atoms with van der Waals surface area (Å²) in [6.45, 7) is 7.47. The Bertz CT molecular complexity index is 511. The van der Waals surface area contributed by atoms with E-state index >= 15 is 0 Å². The number of aromatic nitrogens is 1. The Kier molecular flexibility index (Phi) is 7.97. The number of carbonyl (C=O) groups excluding carboxylic acids is 2. The van der Waals surface area contributed by atoms with Crippen molar-refractivity contribution in [2.75, 3.05) is 45.7 Å². The lowest BCUT2D eigenvalue weighted by Crippen LogP contribution is -2.44. The number of urea groups is 1. The molecule has 0 saturated heterocycles. The lowest BCUT2D eigenvalue weighted by Gasteiger charge is -2.25. The molecule has 1 heterocycles. The van der Waals surface area contributed by atoms with Gasteiger partial charge in [-0.3, -0.25) is 4.79 Å². The van der Waals surface area contributed by atoms with Gasteiger partial charge in [0.2, 0.25) is 5.91 Å². The van der Waals surface area contributed by atoms with E-state index in [4.69, 9.17) is 4.74 Å². The van der Waals surface area contributed by atoms with Gasteiger partial charge in [0.25, 0.3) is 0 Å². The Labute approximate surface area is 141 Å². The topological polar surface area (TPSA) is 74.8 Å². The number of carbonyl (C=O) groups is 2. The molecule has 1 aromatic heterocycles. The highest BCUT2D eigenvalue weighted by atomic mass is 32.1. The lowest BCUT2D eigenvalue weighted by molar-refractivity contribution is -0.116. The molecular weight excluding hydrogens is 316 g/mol. The molecule has 1 aromatic rings. The first-order valence-electron chi connectivity index (χ1n) is 7.63. The van der Waals surface area contributed by atoms with Crippen LogP contribution >= 0.6 is 11.3 Å². The van der Waals surface area contributed by atoms with Crippen molar-refractivity contribution in [2.24, 2.45) is 0 Å². The fourth-order valence-corrected chi connectivity index (χ4v) is 2.72. The van der Waals surface area contributed by atoms with Crippen LogP contribution in [0.25, 0.3) is 0 Å². The van der Waals surface area contributed by atoms with Gasteiger partial charge in [-0.05, 0) is 27.2 Å². The number of nitrogens with zero attached hydrogens (tertiary/aromatic N) is 3. The van der Waals surface area contributed by atoms with Crippen LogP contribution < -0.4 is 5.32 Å². The third kappa shape index (κ3) is 6.54. The highest BCUT2D eigenvalue weighted by Crippen LogP contribution is 2.20. The van der Waals surface area contributed by atoms with Gasteiger partial charge in [-0.25, -0.2) is 9.78 Å². The largest absolute Gasteiger partial charge is 0.382 e. The van der Waals surface area contributed by atoms with Gasteiger partial charge in [0.15, 0.2) is 5.13 Å². The molecule has 7 nitrogen and oxygen atoms in total. The quantitative estimate of drug-likeness (QED) is 0.734. The minimum atomic E-state index is -0.245. The van der Waals surface area contributed by atoms with E-state index in [2.05, 4.69) is 10.3 Å². The van der Waals surface area contributed by atoms with E-state index in [1.165, 1.54) is 21.1 Å². The average molecular weight is 342 g/mol. The third-order valence-corrected chi connectivity index (χ3v) is 4.17. The van der Waals surface area contributed by atoms with Gasteiger partial charge >= 0.3 is 6.03 Å². The average Bonchev–Trinajstić information content (AvgIpc) is 2.79. The number of rotatable bonds is 8. The molecule has 8 heteroatoms. The molecule has 3 amide bonds. The maximum atomic E-state index is 12.2. The van der Waals surface area contributed by atoms with Crippen LogP contribution in [0.2, 0.25) is 0 Å². The molecule has 0 aromatic carbocycles. The minimum absolute atomic E-state index is 0.000807. The minimum Gasteiger partial charge on any atom is -0.382 e. The number of ether oxygens (including phenoxy) is 1. The summed E-state index contributed by atoms with van der Waals surface area (Å²) in [5, 5.41) is 3.32. The van der Waals surface area contributed by atoms with E-state index < -0.39 is 0 Å². The number of anilines is 1. The van der Waals surface area contributed by atoms with Gasteiger partial charge in [-0.1, -0.05) is 0 Å². The van der Waals surface area contributed by atoms with Crippen molar-refractivity contribution in [3.63, 3.8) is 0 Å². The second-order valence-corrected chi connectivity index (χ2v) is 6.56. The standard InChI is InChI=1S/C15H26N4O3S/c1-6-22-9-7-8-19(15(21)18(4)5)10-13(20)17-14-16-11(2)12(3)23-14/h6-10H2,1-5H3,(H,16,17,20). The molecule has 0 aliphatic carbocycles. The van der Waals surface area contributed by atoms with Crippen LogP contribution in [0.5, 0.6) is 0 Å². The number of hydrogen-bond acceptors (Lipinski definition) is 5. The molecule has 0 spiro atoms. The normalized spacial score (nSPS) is 10.5. The Morgan fingerprint density at radius 1 is 1.30 bits per heavy atom. The first kappa shape index (κ1) is 19.4. The second-order valence-electron chi connectivity index (χ2n) is 5.36. The Hall–Kier alpha value is -1.67. The Balaban J connectivity index is 2.59. The van der Waals surface area contributed by atoms with Crippen LogP contribution in [0, 0.1) is 13.8 Å². The summed E-state index contributed by atoms with van der Waals surface area (Å²) in [6, 6.07) is -0.192. The van der Waals surface area contributed by atoms with Crippen molar-refractivity contribution in [3.8, 4) is 0 Å². The van der Waals surface area contributed by atoms with E-state index in [-0.39, 0.29) is 18.5 Å². The van der Waals surface area contributed by atoms with Gasteiger partial charge in [-0.2, -0.15) is 0 Å². The summed E-state index contributed by atoms with van der Waals surface area (Å²) in [4.78, 5) is 32.7. The zero-order valence-electron chi connectivity index (χ0n) is 14.5. The van der Waals surface area contributed by atoms with E-state index in [1.54, 1.807) is 14.1 Å². The fourth-order valence-electron chi connectivity index (χ4n) is 1.89. The van der Waals surface area contributed by atoms with E-state index in [0.29, 0.717) is 31.3 Å². The number of nitrogens with one attached hydrogen (secondary N) is 1. The van der Waals surface area contributed by atoms with Crippen molar-refractivity contribution < 1.29 is 14.3 Å². The zero-order valence-corrected chi connectivity index (χ0v) is 15.3. The van der Waals surface area contributed by atoms with Crippen LogP contribution in [0.1, 0.15) is 23.9 Å². The highest BCUT2D eigenvalue weighted by molar-refractivity contribution is 7.15. The van der Waals surface area contributed by atoms with E-state index in [1.807, 2.05) is 20.8 Å². The van der Waals surface area contributed by atoms with Crippen LogP contribution in [0.4, 0.5) is 9.93 Å². The maximum absolute atomic E-state index is 12.2. The summed E-state index contributed by atoms with van der Waals surface area (Å²) >= 11 is 1.43. The van der Waals surface area contributed by atoms with Gasteiger partial charge in [-0.15, -0.1) is 11.3 Å². The molecule has 23 heavy (non-hydrogen) atoms. The number of amides is 3. The molecule has 0 unspecified atom stereocenters. The molecule has 130 valence electrons. The lowest BCUT2D eigenvalue weighted by atomic mass is 10.4. The summed E-state index contributed by atoms with van der Waals surface area (Å²) in [7, 11) is 3.34. The third-order valence-electron chi connectivity index (χ3n) is 3.18. The fraction of sp³-hybridized carbons (Fsp3) is 0.667. The second kappa shape index (κ2) is 9.46. The SMILES string of the molecule is CCOCCCN(CC(=O)Nc1nc(C)c(C)s1)C(=O)N(C)C. The number of aryl methyl sites for hydroxylation is 2. The molecule has 0 saturated carbocycles. The van der Waals surface area contributed by atoms with Crippen LogP contribution in [0.3, 0.4) is 0 Å². The van der Waals surface area contributed by atoms with E-state index in [9.17, 15) is 9.59 Å². The molecule has 0 bridgehead atoms. The summed E-state index contributed by atoms with van der Waals surface area (Å²) in [5.41, 5.74) is 0.906. The van der Waals surface area contributed by atoms with Crippen molar-refractivity contribution >= 4 is 28.4 Å². The van der Waals surface area contributed by atoms with Crippen molar-refractivity contribution in [1.82, 2.24) is 14.8 Å². The molecular formula is C15H26N4O3S. The Morgan fingerprint density at radius 2 is 2.00 bits per heavy atom. The zero-order chi connectivity index (χ0) is 17.4. The van der Waals surface area contributed by atoms with Crippen molar-refractivity contribution in [1.29, 1.82) is 0 Å². The van der Waals surface area contributed by atoms with Crippen molar-refractivity contribution in [3.05, 3.63) is 10.6 Å². The van der Waals surface area contributed by atoms with Gasteiger partial charge in [0, 0.05) is 38.7 Å². The van der Waals surface area contributed by atoms with Gasteiger partial charge in [0.05, 0.1) is 5.69 Å². The molecule has 0 fully saturated rings. The molecule has 0 radical (unpaired) electrons. The molecule has 0 aliphatic rings. The van der Waals surface area contributed by atoms with Crippen LogP contribution in [-0.2, 0) is 9.53 Å².